The average molecular weight is 377 g/mol. The van der Waals surface area contributed by atoms with Gasteiger partial charge in [0.15, 0.2) is 5.82 Å². The number of aromatic amines is 1. The van der Waals surface area contributed by atoms with E-state index in [1.54, 1.807) is 12.1 Å². The summed E-state index contributed by atoms with van der Waals surface area (Å²) in [5, 5.41) is 11.2. The zero-order valence-corrected chi connectivity index (χ0v) is 13.6. The fourth-order valence-electron chi connectivity index (χ4n) is 1.93. The second kappa shape index (κ2) is 6.33. The Bertz CT molecular complexity index is 900. The van der Waals surface area contributed by atoms with Gasteiger partial charge in [-0.1, -0.05) is 40.2 Å². The van der Waals surface area contributed by atoms with Gasteiger partial charge in [-0.15, -0.1) is 0 Å². The minimum Gasteiger partial charge on any atom is -0.250 e. The molecule has 0 aliphatic carbocycles. The van der Waals surface area contributed by atoms with Crippen LogP contribution in [0.4, 0.5) is 4.39 Å². The van der Waals surface area contributed by atoms with E-state index in [1.807, 2.05) is 24.3 Å². The molecular formula is C15H10BrFN4S. The fourth-order valence-corrected chi connectivity index (χ4v) is 2.57. The second-order valence-corrected chi connectivity index (χ2v) is 5.68. The number of nitrogens with one attached hydrogen (secondary N) is 1. The summed E-state index contributed by atoms with van der Waals surface area (Å²) in [5.74, 6) is 0.260. The Labute approximate surface area is 139 Å². The Balaban J connectivity index is 2.04. The minimum atomic E-state index is -0.314. The van der Waals surface area contributed by atoms with E-state index in [2.05, 4.69) is 31.2 Å². The summed E-state index contributed by atoms with van der Waals surface area (Å²) in [7, 11) is 0. The number of H-pyrrole nitrogens is 1. The Kier molecular flexibility index (Phi) is 4.26. The van der Waals surface area contributed by atoms with Crippen molar-refractivity contribution in [3.63, 3.8) is 0 Å². The van der Waals surface area contributed by atoms with Crippen molar-refractivity contribution < 1.29 is 4.39 Å². The van der Waals surface area contributed by atoms with E-state index >= 15 is 0 Å². The summed E-state index contributed by atoms with van der Waals surface area (Å²) in [6, 6.07) is 13.8. The molecule has 4 nitrogen and oxygen atoms in total. The standard InChI is InChI=1S/C15H10BrFN4S/c16-13-7-2-1-6-12(13)14-19-20-15(22)21(14)18-9-10-4-3-5-11(17)8-10/h1-9H,(H,20,22)/b18-9+. The van der Waals surface area contributed by atoms with E-state index < -0.39 is 0 Å². The average Bonchev–Trinajstić information content (AvgIpc) is 2.87. The normalized spacial score (nSPS) is 11.2. The van der Waals surface area contributed by atoms with Crippen molar-refractivity contribution in [1.82, 2.24) is 14.9 Å². The summed E-state index contributed by atoms with van der Waals surface area (Å²) < 4.78 is 15.9. The molecular weight excluding hydrogens is 367 g/mol. The van der Waals surface area contributed by atoms with Gasteiger partial charge >= 0.3 is 0 Å². The van der Waals surface area contributed by atoms with Crippen molar-refractivity contribution in [2.45, 2.75) is 0 Å². The molecule has 0 fully saturated rings. The number of rotatable bonds is 3. The van der Waals surface area contributed by atoms with Gasteiger partial charge in [0, 0.05) is 10.0 Å². The first kappa shape index (κ1) is 14.8. The quantitative estimate of drug-likeness (QED) is 0.544. The molecule has 7 heteroatoms. The van der Waals surface area contributed by atoms with E-state index in [4.69, 9.17) is 12.2 Å². The minimum absolute atomic E-state index is 0.314. The predicted molar refractivity (Wildman–Crippen MR) is 89.9 cm³/mol. The molecule has 1 heterocycles. The Morgan fingerprint density at radius 1 is 1.23 bits per heavy atom. The Morgan fingerprint density at radius 2 is 2.05 bits per heavy atom. The Morgan fingerprint density at radius 3 is 2.82 bits per heavy atom. The van der Waals surface area contributed by atoms with Gasteiger partial charge in [-0.2, -0.15) is 14.9 Å². The van der Waals surface area contributed by atoms with Crippen molar-refractivity contribution in [3.8, 4) is 11.4 Å². The van der Waals surface area contributed by atoms with Crippen molar-refractivity contribution in [3.05, 3.63) is 69.2 Å². The van der Waals surface area contributed by atoms with Crippen LogP contribution in [0.5, 0.6) is 0 Å². The maximum Gasteiger partial charge on any atom is 0.216 e. The molecule has 3 rings (SSSR count). The molecule has 22 heavy (non-hydrogen) atoms. The third-order valence-electron chi connectivity index (χ3n) is 2.94. The number of nitrogens with zero attached hydrogens (tertiary/aromatic N) is 3. The molecule has 0 saturated heterocycles. The number of hydrogen-bond acceptors (Lipinski definition) is 3. The van der Waals surface area contributed by atoms with E-state index in [0.29, 0.717) is 16.2 Å². The molecule has 0 amide bonds. The van der Waals surface area contributed by atoms with Crippen LogP contribution in [-0.4, -0.2) is 21.1 Å². The zero-order chi connectivity index (χ0) is 15.5. The molecule has 0 aliphatic heterocycles. The summed E-state index contributed by atoms with van der Waals surface area (Å²) in [5.41, 5.74) is 1.49. The van der Waals surface area contributed by atoms with Crippen LogP contribution < -0.4 is 0 Å². The molecule has 0 saturated carbocycles. The second-order valence-electron chi connectivity index (χ2n) is 4.44. The lowest BCUT2D eigenvalue weighted by molar-refractivity contribution is 0.627. The molecule has 110 valence electrons. The van der Waals surface area contributed by atoms with Crippen molar-refractivity contribution in [2.24, 2.45) is 5.10 Å². The van der Waals surface area contributed by atoms with Crippen LogP contribution in [0.2, 0.25) is 0 Å². The van der Waals surface area contributed by atoms with Gasteiger partial charge in [-0.25, -0.2) is 9.49 Å². The predicted octanol–water partition coefficient (Wildman–Crippen LogP) is 4.39. The van der Waals surface area contributed by atoms with E-state index in [9.17, 15) is 4.39 Å². The molecule has 0 unspecified atom stereocenters. The molecule has 0 radical (unpaired) electrons. The summed E-state index contributed by atoms with van der Waals surface area (Å²) in [4.78, 5) is 0. The van der Waals surface area contributed by atoms with Crippen LogP contribution in [0.15, 0.2) is 58.1 Å². The van der Waals surface area contributed by atoms with Gasteiger partial charge in [0.05, 0.1) is 6.21 Å². The van der Waals surface area contributed by atoms with Crippen LogP contribution in [0.25, 0.3) is 11.4 Å². The van der Waals surface area contributed by atoms with E-state index in [-0.39, 0.29) is 5.82 Å². The lowest BCUT2D eigenvalue weighted by Crippen LogP contribution is -1.95. The summed E-state index contributed by atoms with van der Waals surface area (Å²) in [6.07, 6.45) is 1.54. The van der Waals surface area contributed by atoms with E-state index in [0.717, 1.165) is 10.0 Å². The number of hydrogen-bond donors (Lipinski definition) is 1. The van der Waals surface area contributed by atoms with Crippen LogP contribution in [0.3, 0.4) is 0 Å². The lowest BCUT2D eigenvalue weighted by atomic mass is 10.2. The van der Waals surface area contributed by atoms with Gasteiger partial charge in [0.2, 0.25) is 4.77 Å². The maximum atomic E-state index is 13.2. The third kappa shape index (κ3) is 3.05. The summed E-state index contributed by atoms with van der Waals surface area (Å²) in [6.45, 7) is 0. The molecule has 0 atom stereocenters. The van der Waals surface area contributed by atoms with E-state index in [1.165, 1.54) is 23.0 Å². The van der Waals surface area contributed by atoms with Crippen LogP contribution in [0, 0.1) is 10.6 Å². The monoisotopic (exact) mass is 376 g/mol. The van der Waals surface area contributed by atoms with Gasteiger partial charge in [-0.05, 0) is 42.0 Å². The molecule has 0 aliphatic rings. The van der Waals surface area contributed by atoms with Crippen LogP contribution in [-0.2, 0) is 0 Å². The smallest absolute Gasteiger partial charge is 0.216 e. The number of aromatic nitrogens is 3. The van der Waals surface area contributed by atoms with Crippen LogP contribution in [0.1, 0.15) is 5.56 Å². The van der Waals surface area contributed by atoms with Crippen molar-refractivity contribution >= 4 is 34.4 Å². The van der Waals surface area contributed by atoms with Gasteiger partial charge < -0.3 is 0 Å². The lowest BCUT2D eigenvalue weighted by Gasteiger charge is -2.03. The number of benzene rings is 2. The maximum absolute atomic E-state index is 13.2. The highest BCUT2D eigenvalue weighted by Crippen LogP contribution is 2.26. The number of halogens is 2. The topological polar surface area (TPSA) is 46.0 Å². The SMILES string of the molecule is Fc1cccc(/C=N/n2c(-c3ccccc3Br)n[nH]c2=S)c1. The first-order valence-electron chi connectivity index (χ1n) is 6.37. The first-order valence-corrected chi connectivity index (χ1v) is 7.57. The van der Waals surface area contributed by atoms with Crippen molar-refractivity contribution in [1.29, 1.82) is 0 Å². The first-order chi connectivity index (χ1) is 10.6. The van der Waals surface area contributed by atoms with Crippen molar-refractivity contribution in [2.75, 3.05) is 0 Å². The van der Waals surface area contributed by atoms with Gasteiger partial charge in [0.25, 0.3) is 0 Å². The molecule has 1 aromatic heterocycles. The Hall–Kier alpha value is -2.12. The third-order valence-corrected chi connectivity index (χ3v) is 3.89. The van der Waals surface area contributed by atoms with Gasteiger partial charge in [0.1, 0.15) is 5.82 Å². The molecule has 3 aromatic rings. The molecule has 2 aromatic carbocycles. The highest BCUT2D eigenvalue weighted by molar-refractivity contribution is 9.10. The van der Waals surface area contributed by atoms with Gasteiger partial charge in [-0.3, -0.25) is 0 Å². The zero-order valence-electron chi connectivity index (χ0n) is 11.2. The van der Waals surface area contributed by atoms with Crippen LogP contribution >= 0.6 is 28.1 Å². The molecule has 0 bridgehead atoms. The molecule has 1 N–H and O–H groups in total. The fraction of sp³-hybridized carbons (Fsp3) is 0. The largest absolute Gasteiger partial charge is 0.250 e. The highest BCUT2D eigenvalue weighted by Gasteiger charge is 2.10. The highest BCUT2D eigenvalue weighted by atomic mass is 79.9. The molecule has 0 spiro atoms. The summed E-state index contributed by atoms with van der Waals surface area (Å²) >= 11 is 8.68.